The molecule has 182 valence electrons. The molecule has 0 aliphatic rings. The molecule has 0 aliphatic heterocycles. The van der Waals surface area contributed by atoms with Gasteiger partial charge in [0.25, 0.3) is 0 Å². The van der Waals surface area contributed by atoms with E-state index >= 15 is 0 Å². The van der Waals surface area contributed by atoms with Crippen molar-refractivity contribution in [3.05, 3.63) is 23.8 Å². The predicted octanol–water partition coefficient (Wildman–Crippen LogP) is 5.63. The molecule has 5 nitrogen and oxygen atoms in total. The smallest absolute Gasteiger partial charge is 0.303 e. The molecule has 0 saturated heterocycles. The van der Waals surface area contributed by atoms with Gasteiger partial charge < -0.3 is 20.4 Å². The fourth-order valence-electron chi connectivity index (χ4n) is 3.75. The van der Waals surface area contributed by atoms with Gasteiger partial charge in [-0.1, -0.05) is 89.5 Å². The Labute approximate surface area is 190 Å². The average molecular weight is 441 g/mol. The summed E-state index contributed by atoms with van der Waals surface area (Å²) in [5, 5.41) is 38.1. The lowest BCUT2D eigenvalue weighted by Crippen LogP contribution is -2.12. The Morgan fingerprint density at radius 3 is 2.23 bits per heavy atom. The van der Waals surface area contributed by atoms with Gasteiger partial charge in [-0.05, 0) is 43.9 Å². The maximum Gasteiger partial charge on any atom is 0.303 e. The summed E-state index contributed by atoms with van der Waals surface area (Å²) in [6.07, 6.45) is 16.0. The molecule has 0 rings (SSSR count). The zero-order valence-corrected chi connectivity index (χ0v) is 20.1. The van der Waals surface area contributed by atoms with Crippen molar-refractivity contribution in [3.63, 3.8) is 0 Å². The first-order valence-corrected chi connectivity index (χ1v) is 12.3. The summed E-state index contributed by atoms with van der Waals surface area (Å²) in [5.74, 6) is 0.361. The van der Waals surface area contributed by atoms with Crippen molar-refractivity contribution in [1.29, 1.82) is 0 Å². The zero-order chi connectivity index (χ0) is 23.5. The third kappa shape index (κ3) is 19.3. The Kier molecular flexibility index (Phi) is 18.8. The molecule has 3 atom stereocenters. The van der Waals surface area contributed by atoms with Crippen molar-refractivity contribution in [1.82, 2.24) is 0 Å². The number of aliphatic hydroxyl groups excluding tert-OH is 3. The third-order valence-corrected chi connectivity index (χ3v) is 5.76. The maximum absolute atomic E-state index is 10.9. The summed E-state index contributed by atoms with van der Waals surface area (Å²) >= 11 is 0. The van der Waals surface area contributed by atoms with Crippen LogP contribution >= 0.6 is 0 Å². The van der Waals surface area contributed by atoms with Crippen LogP contribution in [-0.2, 0) is 4.79 Å². The summed E-state index contributed by atoms with van der Waals surface area (Å²) in [4.78, 5) is 10.9. The van der Waals surface area contributed by atoms with Crippen LogP contribution in [0.3, 0.4) is 0 Å². The number of carbonyl (C=O) groups is 1. The van der Waals surface area contributed by atoms with E-state index in [0.717, 1.165) is 76.2 Å². The van der Waals surface area contributed by atoms with Gasteiger partial charge in [-0.3, -0.25) is 4.79 Å². The van der Waals surface area contributed by atoms with Gasteiger partial charge in [0.05, 0.1) is 18.8 Å². The van der Waals surface area contributed by atoms with E-state index in [9.17, 15) is 20.1 Å². The highest BCUT2D eigenvalue weighted by Crippen LogP contribution is 2.24. The van der Waals surface area contributed by atoms with Crippen LogP contribution in [0.15, 0.2) is 23.8 Å². The van der Waals surface area contributed by atoms with E-state index in [1.807, 2.05) is 12.2 Å². The topological polar surface area (TPSA) is 98.0 Å². The minimum absolute atomic E-state index is 0.238. The molecule has 0 amide bonds. The summed E-state index contributed by atoms with van der Waals surface area (Å²) in [7, 11) is 0. The number of hydrogen-bond acceptors (Lipinski definition) is 4. The van der Waals surface area contributed by atoms with Crippen molar-refractivity contribution in [2.75, 3.05) is 6.61 Å². The second-order valence-corrected chi connectivity index (χ2v) is 9.33. The molecular weight excluding hydrogens is 392 g/mol. The van der Waals surface area contributed by atoms with Crippen LogP contribution in [0.5, 0.6) is 0 Å². The van der Waals surface area contributed by atoms with Gasteiger partial charge in [0.15, 0.2) is 0 Å². The molecule has 0 fully saturated rings. The predicted molar refractivity (Wildman–Crippen MR) is 128 cm³/mol. The number of aliphatic hydroxyl groups is 3. The molecule has 31 heavy (non-hydrogen) atoms. The Bertz CT molecular complexity index is 498. The minimum atomic E-state index is -0.761. The van der Waals surface area contributed by atoms with Crippen molar-refractivity contribution < 1.29 is 25.2 Å². The van der Waals surface area contributed by atoms with Crippen LogP contribution in [-0.4, -0.2) is 45.2 Å². The van der Waals surface area contributed by atoms with E-state index < -0.39 is 18.2 Å². The monoisotopic (exact) mass is 440 g/mol. The highest BCUT2D eigenvalue weighted by molar-refractivity contribution is 5.66. The number of rotatable bonds is 20. The van der Waals surface area contributed by atoms with E-state index in [1.165, 1.54) is 0 Å². The standard InChI is InChI=1S/C26H48O5/c1-4-5-6-13-24(28)14-9-12-23(19-25(29)20-27)11-8-7-10-22(16-15-21(2)3)17-18-26(30)31/h9,12,14,21-22,24-25,27-29H,4-8,10-11,13,15-20H2,1-3H3,(H,30,31)/b14-9+,23-12-/t22-,24+,25+/m1/s1. The zero-order valence-electron chi connectivity index (χ0n) is 20.1. The number of aliphatic carboxylic acids is 1. The molecule has 0 unspecified atom stereocenters. The van der Waals surface area contributed by atoms with Gasteiger partial charge in [-0.25, -0.2) is 0 Å². The lowest BCUT2D eigenvalue weighted by molar-refractivity contribution is -0.137. The fraction of sp³-hybridized carbons (Fsp3) is 0.808. The molecule has 0 heterocycles. The molecule has 0 aromatic rings. The van der Waals surface area contributed by atoms with Gasteiger partial charge in [0.2, 0.25) is 0 Å². The molecule has 0 aromatic carbocycles. The molecule has 0 bridgehead atoms. The SMILES string of the molecule is CCCCC[C@H](O)/C=C/C=C(/CCCC[C@@H](CCC(=O)O)CCC(C)C)C[C@H](O)CO. The lowest BCUT2D eigenvalue weighted by Gasteiger charge is -2.17. The van der Waals surface area contributed by atoms with Gasteiger partial charge in [-0.2, -0.15) is 0 Å². The van der Waals surface area contributed by atoms with Crippen LogP contribution in [0.2, 0.25) is 0 Å². The van der Waals surface area contributed by atoms with Crippen molar-refractivity contribution in [2.45, 2.75) is 116 Å². The molecule has 4 N–H and O–H groups in total. The second-order valence-electron chi connectivity index (χ2n) is 9.33. The highest BCUT2D eigenvalue weighted by atomic mass is 16.4. The van der Waals surface area contributed by atoms with E-state index in [4.69, 9.17) is 5.11 Å². The summed E-state index contributed by atoms with van der Waals surface area (Å²) < 4.78 is 0. The molecule has 0 aliphatic carbocycles. The first kappa shape index (κ1) is 29.8. The Morgan fingerprint density at radius 2 is 1.61 bits per heavy atom. The van der Waals surface area contributed by atoms with Crippen molar-refractivity contribution >= 4 is 5.97 Å². The third-order valence-electron chi connectivity index (χ3n) is 5.76. The summed E-state index contributed by atoms with van der Waals surface area (Å²) in [6, 6.07) is 0. The molecule has 0 spiro atoms. The van der Waals surface area contributed by atoms with Gasteiger partial charge in [-0.15, -0.1) is 0 Å². The number of unbranched alkanes of at least 4 members (excludes halogenated alkanes) is 3. The lowest BCUT2D eigenvalue weighted by atomic mass is 9.89. The van der Waals surface area contributed by atoms with E-state index in [1.54, 1.807) is 6.08 Å². The number of allylic oxidation sites excluding steroid dienone is 2. The molecular formula is C26H48O5. The fourth-order valence-corrected chi connectivity index (χ4v) is 3.75. The van der Waals surface area contributed by atoms with Gasteiger partial charge in [0.1, 0.15) is 0 Å². The maximum atomic E-state index is 10.9. The Morgan fingerprint density at radius 1 is 0.903 bits per heavy atom. The van der Waals surface area contributed by atoms with Crippen LogP contribution < -0.4 is 0 Å². The average Bonchev–Trinajstić information content (AvgIpc) is 2.71. The first-order chi connectivity index (χ1) is 14.8. The van der Waals surface area contributed by atoms with E-state index in [0.29, 0.717) is 18.3 Å². The Hall–Kier alpha value is -1.17. The van der Waals surface area contributed by atoms with Crippen LogP contribution in [0, 0.1) is 11.8 Å². The molecule has 0 aromatic heterocycles. The molecule has 0 saturated carbocycles. The largest absolute Gasteiger partial charge is 0.481 e. The summed E-state index contributed by atoms with van der Waals surface area (Å²) in [6.45, 7) is 6.29. The number of hydrogen-bond donors (Lipinski definition) is 4. The van der Waals surface area contributed by atoms with Crippen molar-refractivity contribution in [3.8, 4) is 0 Å². The summed E-state index contributed by atoms with van der Waals surface area (Å²) in [5.41, 5.74) is 1.07. The van der Waals surface area contributed by atoms with Crippen LogP contribution in [0.25, 0.3) is 0 Å². The Balaban J connectivity index is 4.62. The minimum Gasteiger partial charge on any atom is -0.481 e. The number of carboxylic acids is 1. The first-order valence-electron chi connectivity index (χ1n) is 12.3. The number of carboxylic acid groups (broad SMARTS) is 1. The van der Waals surface area contributed by atoms with E-state index in [-0.39, 0.29) is 13.0 Å². The van der Waals surface area contributed by atoms with Gasteiger partial charge in [0, 0.05) is 6.42 Å². The van der Waals surface area contributed by atoms with Crippen molar-refractivity contribution in [2.24, 2.45) is 11.8 Å². The molecule has 5 heteroatoms. The normalized spacial score (nSPS) is 15.5. The van der Waals surface area contributed by atoms with Crippen LogP contribution in [0.1, 0.15) is 104 Å². The highest BCUT2D eigenvalue weighted by Gasteiger charge is 2.12. The van der Waals surface area contributed by atoms with Crippen LogP contribution in [0.4, 0.5) is 0 Å². The molecule has 0 radical (unpaired) electrons. The second kappa shape index (κ2) is 19.5. The van der Waals surface area contributed by atoms with Gasteiger partial charge >= 0.3 is 5.97 Å². The van der Waals surface area contributed by atoms with E-state index in [2.05, 4.69) is 20.8 Å². The quantitative estimate of drug-likeness (QED) is 0.145.